The van der Waals surface area contributed by atoms with Crippen LogP contribution in [0.5, 0.6) is 0 Å². The standard InChI is InChI=1S/C34H25N5O5S2/c1-19-27(38-17-6-5-12-25(38)35-19)29(40)26-28(21-13-15-22(16-14-21)32(43)44-2)39(31(42)30(26)41)33-36-37-34(46-33)45-18-23-10-7-9-20-8-3-4-11-24(20)23/h3-17,28,40H,18H2,1-2H3. The lowest BCUT2D eigenvalue weighted by atomic mass is 9.95. The number of thioether (sulfide) groups is 1. The number of esters is 1. The molecule has 6 aromatic rings. The van der Waals surface area contributed by atoms with Gasteiger partial charge in [-0.2, -0.15) is 0 Å². The van der Waals surface area contributed by atoms with E-state index in [1.807, 2.05) is 24.3 Å². The Bertz CT molecular complexity index is 2200. The minimum Gasteiger partial charge on any atom is -0.505 e. The third-order valence-corrected chi connectivity index (χ3v) is 9.96. The molecule has 0 saturated carbocycles. The number of imidazole rings is 1. The number of aliphatic hydroxyl groups is 1. The van der Waals surface area contributed by atoms with Crippen molar-refractivity contribution in [2.75, 3.05) is 12.0 Å². The van der Waals surface area contributed by atoms with E-state index in [0.29, 0.717) is 38.3 Å². The van der Waals surface area contributed by atoms with Gasteiger partial charge in [0.15, 0.2) is 10.1 Å². The number of anilines is 1. The second-order valence-electron chi connectivity index (χ2n) is 10.5. The average Bonchev–Trinajstić information content (AvgIpc) is 3.76. The molecule has 0 spiro atoms. The van der Waals surface area contributed by atoms with Crippen LogP contribution in [-0.4, -0.2) is 49.5 Å². The monoisotopic (exact) mass is 647 g/mol. The molecular weight excluding hydrogens is 623 g/mol. The van der Waals surface area contributed by atoms with Gasteiger partial charge in [0.25, 0.3) is 5.78 Å². The molecular formula is C34H25N5O5S2. The Balaban J connectivity index is 1.30. The lowest BCUT2D eigenvalue weighted by Crippen LogP contribution is -2.29. The Kier molecular flexibility index (Phi) is 7.59. The average molecular weight is 648 g/mol. The Labute approximate surface area is 271 Å². The smallest absolute Gasteiger partial charge is 0.337 e. The van der Waals surface area contributed by atoms with Crippen LogP contribution >= 0.6 is 23.1 Å². The zero-order valence-electron chi connectivity index (χ0n) is 24.6. The van der Waals surface area contributed by atoms with Crippen LogP contribution in [0.4, 0.5) is 5.13 Å². The molecule has 10 nitrogen and oxygen atoms in total. The van der Waals surface area contributed by atoms with Crippen LogP contribution in [0, 0.1) is 6.92 Å². The molecule has 1 fully saturated rings. The highest BCUT2D eigenvalue weighted by Gasteiger charge is 2.49. The fourth-order valence-corrected chi connectivity index (χ4v) is 7.58. The third-order valence-electron chi connectivity index (χ3n) is 7.85. The first-order valence-electron chi connectivity index (χ1n) is 14.2. The number of methoxy groups -OCH3 is 1. The van der Waals surface area contributed by atoms with Crippen molar-refractivity contribution in [2.45, 2.75) is 23.1 Å². The second-order valence-corrected chi connectivity index (χ2v) is 12.7. The van der Waals surface area contributed by atoms with Crippen LogP contribution in [0.1, 0.15) is 38.9 Å². The lowest BCUT2D eigenvalue weighted by Gasteiger charge is -2.22. The molecule has 1 aliphatic heterocycles. The van der Waals surface area contributed by atoms with Crippen molar-refractivity contribution in [1.82, 2.24) is 19.6 Å². The summed E-state index contributed by atoms with van der Waals surface area (Å²) in [5.74, 6) is -1.99. The van der Waals surface area contributed by atoms with Gasteiger partial charge in [-0.15, -0.1) is 10.2 Å². The van der Waals surface area contributed by atoms with E-state index in [2.05, 4.69) is 39.4 Å². The summed E-state index contributed by atoms with van der Waals surface area (Å²) >= 11 is 2.67. The van der Waals surface area contributed by atoms with E-state index in [4.69, 9.17) is 4.74 Å². The lowest BCUT2D eigenvalue weighted by molar-refractivity contribution is -0.132. The van der Waals surface area contributed by atoms with Crippen LogP contribution in [0.15, 0.2) is 101 Å². The van der Waals surface area contributed by atoms with E-state index in [9.17, 15) is 19.5 Å². The first-order chi connectivity index (χ1) is 22.4. The molecule has 1 amide bonds. The number of carbonyl (C=O) groups is 3. The normalized spacial score (nSPS) is 16.0. The number of aromatic nitrogens is 4. The van der Waals surface area contributed by atoms with E-state index in [1.54, 1.807) is 53.9 Å². The fourth-order valence-electron chi connectivity index (χ4n) is 5.71. The number of hydrogen-bond donors (Lipinski definition) is 1. The molecule has 228 valence electrons. The van der Waals surface area contributed by atoms with Gasteiger partial charge in [0.05, 0.1) is 30.0 Å². The number of ketones is 1. The largest absolute Gasteiger partial charge is 0.505 e. The Morgan fingerprint density at radius 2 is 1.74 bits per heavy atom. The van der Waals surface area contributed by atoms with Gasteiger partial charge < -0.3 is 9.84 Å². The zero-order valence-corrected chi connectivity index (χ0v) is 26.2. The number of aliphatic hydroxyl groups excluding tert-OH is 1. The molecule has 0 aliphatic carbocycles. The quantitative estimate of drug-likeness (QED) is 0.0526. The summed E-state index contributed by atoms with van der Waals surface area (Å²) in [7, 11) is 1.29. The summed E-state index contributed by atoms with van der Waals surface area (Å²) in [5.41, 5.74) is 3.15. The number of fused-ring (bicyclic) bond motifs is 2. The molecule has 46 heavy (non-hydrogen) atoms. The number of carbonyl (C=O) groups excluding carboxylic acids is 3. The molecule has 0 radical (unpaired) electrons. The molecule has 7 rings (SSSR count). The topological polar surface area (TPSA) is 127 Å². The van der Waals surface area contributed by atoms with Crippen LogP contribution in [0.3, 0.4) is 0 Å². The Morgan fingerprint density at radius 1 is 0.978 bits per heavy atom. The van der Waals surface area contributed by atoms with Gasteiger partial charge >= 0.3 is 11.9 Å². The van der Waals surface area contributed by atoms with Crippen molar-refractivity contribution in [3.63, 3.8) is 0 Å². The van der Waals surface area contributed by atoms with Crippen LogP contribution in [-0.2, 0) is 20.1 Å². The molecule has 1 saturated heterocycles. The number of amides is 1. The highest BCUT2D eigenvalue weighted by molar-refractivity contribution is 8.00. The van der Waals surface area contributed by atoms with Crippen molar-refractivity contribution in [3.05, 3.63) is 125 Å². The summed E-state index contributed by atoms with van der Waals surface area (Å²) in [5, 5.41) is 22.9. The van der Waals surface area contributed by atoms with Crippen LogP contribution < -0.4 is 4.90 Å². The number of hydrogen-bond acceptors (Lipinski definition) is 10. The van der Waals surface area contributed by atoms with Gasteiger partial charge in [0.2, 0.25) is 5.13 Å². The molecule has 3 aromatic carbocycles. The summed E-state index contributed by atoms with van der Waals surface area (Å²) in [6.07, 6.45) is 1.73. The van der Waals surface area contributed by atoms with Crippen LogP contribution in [0.25, 0.3) is 22.2 Å². The van der Waals surface area contributed by atoms with Crippen molar-refractivity contribution in [2.24, 2.45) is 0 Å². The molecule has 12 heteroatoms. The number of ether oxygens (including phenoxy) is 1. The summed E-state index contributed by atoms with van der Waals surface area (Å²) in [4.78, 5) is 45.4. The number of nitrogens with zero attached hydrogens (tertiary/aromatic N) is 5. The SMILES string of the molecule is COC(=O)c1ccc(C2C(=C(O)c3c(C)nc4ccccn34)C(=O)C(=O)N2c2nnc(SCc3cccc4ccccc34)s2)cc1. The third kappa shape index (κ3) is 5.01. The maximum Gasteiger partial charge on any atom is 0.337 e. The van der Waals surface area contributed by atoms with E-state index in [1.165, 1.54) is 35.1 Å². The summed E-state index contributed by atoms with van der Waals surface area (Å²) in [6.45, 7) is 1.72. The number of benzene rings is 3. The van der Waals surface area contributed by atoms with E-state index in [-0.39, 0.29) is 16.5 Å². The number of pyridine rings is 1. The van der Waals surface area contributed by atoms with Gasteiger partial charge in [0, 0.05) is 11.9 Å². The first kappa shape index (κ1) is 29.4. The summed E-state index contributed by atoms with van der Waals surface area (Å²) in [6, 6.07) is 25.0. The number of aryl methyl sites for hydroxylation is 1. The minimum absolute atomic E-state index is 0.121. The van der Waals surface area contributed by atoms with E-state index >= 15 is 0 Å². The predicted molar refractivity (Wildman–Crippen MR) is 176 cm³/mol. The predicted octanol–water partition coefficient (Wildman–Crippen LogP) is 6.35. The van der Waals surface area contributed by atoms with E-state index < -0.39 is 23.7 Å². The number of rotatable bonds is 7. The first-order valence-corrected chi connectivity index (χ1v) is 16.0. The van der Waals surface area contributed by atoms with Gasteiger partial charge in [0.1, 0.15) is 11.3 Å². The van der Waals surface area contributed by atoms with Crippen molar-refractivity contribution in [3.8, 4) is 0 Å². The van der Waals surface area contributed by atoms with Gasteiger partial charge in [-0.25, -0.2) is 9.78 Å². The van der Waals surface area contributed by atoms with Gasteiger partial charge in [-0.05, 0) is 53.1 Å². The molecule has 4 heterocycles. The maximum atomic E-state index is 13.8. The second kappa shape index (κ2) is 11.9. The fraction of sp³-hybridized carbons (Fsp3) is 0.118. The molecule has 3 aromatic heterocycles. The number of Topliss-reactive ketones (excluding diaryl/α,β-unsaturated/α-hetero) is 1. The highest BCUT2D eigenvalue weighted by atomic mass is 32.2. The highest BCUT2D eigenvalue weighted by Crippen LogP contribution is 2.44. The van der Waals surface area contributed by atoms with Crippen molar-refractivity contribution in [1.29, 1.82) is 0 Å². The molecule has 0 bridgehead atoms. The molecule has 1 N–H and O–H groups in total. The van der Waals surface area contributed by atoms with Crippen LogP contribution in [0.2, 0.25) is 0 Å². The molecule has 1 unspecified atom stereocenters. The van der Waals surface area contributed by atoms with Crippen molar-refractivity contribution >= 4 is 68.1 Å². The minimum atomic E-state index is -1.05. The van der Waals surface area contributed by atoms with Gasteiger partial charge in [-0.3, -0.25) is 18.9 Å². The zero-order chi connectivity index (χ0) is 31.9. The van der Waals surface area contributed by atoms with Crippen molar-refractivity contribution < 1.29 is 24.2 Å². The summed E-state index contributed by atoms with van der Waals surface area (Å²) < 4.78 is 7.12. The van der Waals surface area contributed by atoms with Gasteiger partial charge in [-0.1, -0.05) is 83.8 Å². The maximum absolute atomic E-state index is 13.8. The molecule has 1 aliphatic rings. The molecule has 1 atom stereocenters. The Hall–Kier alpha value is -5.33. The van der Waals surface area contributed by atoms with E-state index in [0.717, 1.165) is 16.3 Å². The Morgan fingerprint density at radius 3 is 2.54 bits per heavy atom.